The van der Waals surface area contributed by atoms with E-state index in [1.165, 1.54) is 11.9 Å². The minimum absolute atomic E-state index is 0.0877. The van der Waals surface area contributed by atoms with Gasteiger partial charge in [0.15, 0.2) is 0 Å². The van der Waals surface area contributed by atoms with E-state index in [0.717, 1.165) is 29.8 Å². The molecule has 0 bridgehead atoms. The zero-order valence-corrected chi connectivity index (χ0v) is 15.2. The SMILES string of the molecule is Cc1nc2ncnn2c(C)c1CCC(=O)NCC1(c2ccccc2)CC1. The number of carbonyl (C=O) groups excluding carboxylic acids is 1. The summed E-state index contributed by atoms with van der Waals surface area (Å²) in [5.41, 5.74) is 4.46. The van der Waals surface area contributed by atoms with E-state index in [2.05, 4.69) is 44.6 Å². The lowest BCUT2D eigenvalue weighted by molar-refractivity contribution is -0.121. The Kier molecular flexibility index (Phi) is 4.18. The third-order valence-electron chi connectivity index (χ3n) is 5.45. The van der Waals surface area contributed by atoms with Crippen LogP contribution in [0.1, 0.15) is 41.8 Å². The van der Waals surface area contributed by atoms with Gasteiger partial charge in [-0.2, -0.15) is 10.1 Å². The lowest BCUT2D eigenvalue weighted by Gasteiger charge is -2.17. The molecule has 134 valence electrons. The molecule has 0 atom stereocenters. The van der Waals surface area contributed by atoms with Crippen LogP contribution in [0, 0.1) is 13.8 Å². The summed E-state index contributed by atoms with van der Waals surface area (Å²) in [4.78, 5) is 21.0. The Morgan fingerprint density at radius 2 is 2.00 bits per heavy atom. The highest BCUT2D eigenvalue weighted by Gasteiger charge is 2.44. The molecule has 0 aliphatic heterocycles. The first kappa shape index (κ1) is 16.7. The second-order valence-corrected chi connectivity index (χ2v) is 7.16. The maximum Gasteiger partial charge on any atom is 0.252 e. The van der Waals surface area contributed by atoms with Crippen molar-refractivity contribution in [3.63, 3.8) is 0 Å². The number of amides is 1. The molecule has 6 heteroatoms. The Labute approximate surface area is 152 Å². The van der Waals surface area contributed by atoms with Crippen LogP contribution in [0.3, 0.4) is 0 Å². The summed E-state index contributed by atoms with van der Waals surface area (Å²) in [6, 6.07) is 10.5. The molecule has 1 saturated carbocycles. The maximum atomic E-state index is 12.4. The molecule has 1 aromatic carbocycles. The van der Waals surface area contributed by atoms with Crippen LogP contribution in [0.25, 0.3) is 5.78 Å². The molecule has 0 radical (unpaired) electrons. The fraction of sp³-hybridized carbons (Fsp3) is 0.400. The number of benzene rings is 1. The topological polar surface area (TPSA) is 72.2 Å². The first-order valence-corrected chi connectivity index (χ1v) is 9.07. The highest BCUT2D eigenvalue weighted by Crippen LogP contribution is 2.47. The first-order chi connectivity index (χ1) is 12.6. The summed E-state index contributed by atoms with van der Waals surface area (Å²) in [5, 5.41) is 7.33. The third-order valence-corrected chi connectivity index (χ3v) is 5.45. The first-order valence-electron chi connectivity index (χ1n) is 9.07. The van der Waals surface area contributed by atoms with Gasteiger partial charge in [0, 0.05) is 29.8 Å². The van der Waals surface area contributed by atoms with Crippen LogP contribution in [-0.4, -0.2) is 32.0 Å². The van der Waals surface area contributed by atoms with Crippen molar-refractivity contribution < 1.29 is 4.79 Å². The number of rotatable bonds is 6. The van der Waals surface area contributed by atoms with Crippen molar-refractivity contribution in [1.29, 1.82) is 0 Å². The van der Waals surface area contributed by atoms with Gasteiger partial charge < -0.3 is 5.32 Å². The van der Waals surface area contributed by atoms with Crippen molar-refractivity contribution in [2.24, 2.45) is 0 Å². The highest BCUT2D eigenvalue weighted by molar-refractivity contribution is 5.76. The molecule has 1 aliphatic rings. The third kappa shape index (κ3) is 3.07. The van der Waals surface area contributed by atoms with Crippen LogP contribution in [0.15, 0.2) is 36.7 Å². The van der Waals surface area contributed by atoms with E-state index in [4.69, 9.17) is 0 Å². The average Bonchev–Trinajstić information content (AvgIpc) is 3.30. The quantitative estimate of drug-likeness (QED) is 0.742. The minimum Gasteiger partial charge on any atom is -0.355 e. The lowest BCUT2D eigenvalue weighted by Crippen LogP contribution is -2.32. The van der Waals surface area contributed by atoms with Gasteiger partial charge >= 0.3 is 0 Å². The fourth-order valence-corrected chi connectivity index (χ4v) is 3.62. The molecule has 1 amide bonds. The lowest BCUT2D eigenvalue weighted by atomic mass is 9.96. The van der Waals surface area contributed by atoms with Gasteiger partial charge in [0.2, 0.25) is 5.91 Å². The number of carbonyl (C=O) groups is 1. The smallest absolute Gasteiger partial charge is 0.252 e. The van der Waals surface area contributed by atoms with Crippen LogP contribution in [0.2, 0.25) is 0 Å². The van der Waals surface area contributed by atoms with Crippen LogP contribution in [0.4, 0.5) is 0 Å². The van der Waals surface area contributed by atoms with Crippen LogP contribution in [-0.2, 0) is 16.6 Å². The molecule has 4 rings (SSSR count). The van der Waals surface area contributed by atoms with E-state index in [1.54, 1.807) is 4.52 Å². The van der Waals surface area contributed by atoms with Gasteiger partial charge in [0.1, 0.15) is 6.33 Å². The number of aryl methyl sites for hydroxylation is 2. The monoisotopic (exact) mass is 349 g/mol. The number of hydrogen-bond acceptors (Lipinski definition) is 4. The van der Waals surface area contributed by atoms with E-state index >= 15 is 0 Å². The predicted octanol–water partition coefficient (Wildman–Crippen LogP) is 2.52. The van der Waals surface area contributed by atoms with E-state index in [9.17, 15) is 4.79 Å². The molecule has 2 heterocycles. The molecule has 26 heavy (non-hydrogen) atoms. The van der Waals surface area contributed by atoms with Crippen LogP contribution >= 0.6 is 0 Å². The Morgan fingerprint density at radius 1 is 1.23 bits per heavy atom. The molecular weight excluding hydrogens is 326 g/mol. The zero-order valence-electron chi connectivity index (χ0n) is 15.2. The Morgan fingerprint density at radius 3 is 2.73 bits per heavy atom. The largest absolute Gasteiger partial charge is 0.355 e. The van der Waals surface area contributed by atoms with Gasteiger partial charge in [-0.25, -0.2) is 9.50 Å². The summed E-state index contributed by atoms with van der Waals surface area (Å²) < 4.78 is 1.73. The summed E-state index contributed by atoms with van der Waals surface area (Å²) in [6.45, 7) is 4.68. The van der Waals surface area contributed by atoms with Crippen molar-refractivity contribution >= 4 is 11.7 Å². The molecule has 2 aromatic heterocycles. The number of hydrogen-bond donors (Lipinski definition) is 1. The number of aromatic nitrogens is 4. The van der Waals surface area contributed by atoms with Crippen molar-refractivity contribution in [3.8, 4) is 0 Å². The van der Waals surface area contributed by atoms with Crippen molar-refractivity contribution in [1.82, 2.24) is 24.9 Å². The average molecular weight is 349 g/mol. The molecular formula is C20H23N5O. The summed E-state index contributed by atoms with van der Waals surface area (Å²) in [7, 11) is 0. The number of nitrogens with zero attached hydrogens (tertiary/aromatic N) is 4. The molecule has 1 aliphatic carbocycles. The zero-order chi connectivity index (χ0) is 18.1. The van der Waals surface area contributed by atoms with Gasteiger partial charge in [0.25, 0.3) is 5.78 Å². The Hall–Kier alpha value is -2.76. The van der Waals surface area contributed by atoms with Gasteiger partial charge in [-0.1, -0.05) is 30.3 Å². The van der Waals surface area contributed by atoms with E-state index in [-0.39, 0.29) is 11.3 Å². The highest BCUT2D eigenvalue weighted by atomic mass is 16.1. The second-order valence-electron chi connectivity index (χ2n) is 7.16. The second kappa shape index (κ2) is 6.52. The van der Waals surface area contributed by atoms with Crippen molar-refractivity contribution in [2.45, 2.75) is 44.9 Å². The molecule has 0 unspecified atom stereocenters. The Balaban J connectivity index is 1.38. The van der Waals surface area contributed by atoms with Crippen LogP contribution in [0.5, 0.6) is 0 Å². The molecule has 1 fully saturated rings. The summed E-state index contributed by atoms with van der Waals surface area (Å²) in [5.74, 6) is 0.691. The van der Waals surface area contributed by atoms with Gasteiger partial charge in [-0.15, -0.1) is 0 Å². The van der Waals surface area contributed by atoms with E-state index in [1.807, 2.05) is 19.9 Å². The molecule has 3 aromatic rings. The Bertz CT molecular complexity index is 943. The predicted molar refractivity (Wildman–Crippen MR) is 98.9 cm³/mol. The minimum atomic E-state index is 0.0877. The molecule has 1 N–H and O–H groups in total. The summed E-state index contributed by atoms with van der Waals surface area (Å²) in [6.07, 6.45) is 4.90. The van der Waals surface area contributed by atoms with E-state index < -0.39 is 0 Å². The standard InChI is InChI=1S/C20H23N5O/c1-14-17(15(2)25-19(24-14)22-13-23-25)8-9-18(26)21-12-20(10-11-20)16-6-4-3-5-7-16/h3-7,13H,8-12H2,1-2H3,(H,21,26). The number of nitrogens with one attached hydrogen (secondary N) is 1. The molecule has 6 nitrogen and oxygen atoms in total. The van der Waals surface area contributed by atoms with Crippen molar-refractivity contribution in [3.05, 3.63) is 59.2 Å². The van der Waals surface area contributed by atoms with Gasteiger partial charge in [-0.05, 0) is 44.2 Å². The normalized spacial score (nSPS) is 15.2. The molecule has 0 saturated heterocycles. The summed E-state index contributed by atoms with van der Waals surface area (Å²) >= 11 is 0. The number of fused-ring (bicyclic) bond motifs is 1. The van der Waals surface area contributed by atoms with Crippen LogP contribution < -0.4 is 5.32 Å². The van der Waals surface area contributed by atoms with Gasteiger partial charge in [-0.3, -0.25) is 4.79 Å². The maximum absolute atomic E-state index is 12.4. The van der Waals surface area contributed by atoms with Crippen molar-refractivity contribution in [2.75, 3.05) is 6.54 Å². The van der Waals surface area contributed by atoms with Gasteiger partial charge in [0.05, 0.1) is 0 Å². The fourth-order valence-electron chi connectivity index (χ4n) is 3.62. The molecule has 0 spiro atoms. The van der Waals surface area contributed by atoms with E-state index in [0.29, 0.717) is 25.2 Å².